The molecule has 0 bridgehead atoms. The van der Waals surface area contributed by atoms with Crippen molar-refractivity contribution in [3.8, 4) is 11.5 Å². The van der Waals surface area contributed by atoms with Crippen LogP contribution in [0.25, 0.3) is 0 Å². The van der Waals surface area contributed by atoms with E-state index in [1.54, 1.807) is 43.0 Å². The maximum absolute atomic E-state index is 12.9. The highest BCUT2D eigenvalue weighted by Crippen LogP contribution is 2.28. The Morgan fingerprint density at radius 2 is 1.44 bits per heavy atom. The first-order valence-electron chi connectivity index (χ1n) is 13.7. The van der Waals surface area contributed by atoms with E-state index in [2.05, 4.69) is 4.72 Å². The highest BCUT2D eigenvalue weighted by atomic mass is 32.2. The van der Waals surface area contributed by atoms with Crippen molar-refractivity contribution >= 4 is 33.9 Å². The average Bonchev–Trinajstić information content (AvgIpc) is 2.97. The third kappa shape index (κ3) is 10.4. The molecule has 0 atom stereocenters. The second-order valence-electron chi connectivity index (χ2n) is 9.35. The monoisotopic (exact) mass is 612 g/mol. The number of nitrogens with one attached hydrogen (secondary N) is 1. The Morgan fingerprint density at radius 1 is 0.837 bits per heavy atom. The number of hydrogen-bond donors (Lipinski definition) is 1. The first-order chi connectivity index (χ1) is 20.6. The number of hydrogen-bond acceptors (Lipinski definition) is 10. The van der Waals surface area contributed by atoms with Crippen molar-refractivity contribution in [1.29, 1.82) is 0 Å². The Balaban J connectivity index is 1.69. The maximum Gasteiger partial charge on any atom is 0.320 e. The molecule has 0 aliphatic heterocycles. The number of esters is 2. The van der Waals surface area contributed by atoms with Crippen LogP contribution < -0.4 is 14.2 Å². The molecule has 3 aromatic rings. The van der Waals surface area contributed by atoms with Crippen LogP contribution in [0, 0.1) is 6.92 Å². The van der Waals surface area contributed by atoms with Crippen LogP contribution >= 0.6 is 0 Å². The molecular formula is C31H36N2O9S. The molecule has 1 N–H and O–H groups in total. The van der Waals surface area contributed by atoms with Crippen LogP contribution in [0.3, 0.4) is 0 Å². The number of sulfonamides is 1. The first-order valence-corrected chi connectivity index (χ1v) is 15.2. The summed E-state index contributed by atoms with van der Waals surface area (Å²) in [6.07, 6.45) is 0.635. The summed E-state index contributed by atoms with van der Waals surface area (Å²) in [5.74, 6) is -0.270. The van der Waals surface area contributed by atoms with Crippen LogP contribution in [0.1, 0.15) is 35.3 Å². The molecule has 0 aliphatic carbocycles. The summed E-state index contributed by atoms with van der Waals surface area (Å²) in [4.78, 5) is 37.3. The van der Waals surface area contributed by atoms with Crippen LogP contribution in [0.15, 0.2) is 71.6 Å². The quantitative estimate of drug-likeness (QED) is 0.135. The highest BCUT2D eigenvalue weighted by Gasteiger charge is 2.19. The van der Waals surface area contributed by atoms with Gasteiger partial charge in [0, 0.05) is 17.7 Å². The van der Waals surface area contributed by atoms with Gasteiger partial charge in [-0.3, -0.25) is 24.0 Å². The molecule has 0 saturated heterocycles. The third-order valence-corrected chi connectivity index (χ3v) is 7.38. The Labute approximate surface area is 251 Å². The van der Waals surface area contributed by atoms with Gasteiger partial charge in [-0.2, -0.15) is 0 Å². The van der Waals surface area contributed by atoms with Crippen LogP contribution in [0.5, 0.6) is 11.5 Å². The molecule has 0 aromatic heterocycles. The summed E-state index contributed by atoms with van der Waals surface area (Å²) < 4.78 is 50.3. The number of anilines is 1. The normalized spacial score (nSPS) is 11.1. The Kier molecular flexibility index (Phi) is 12.5. The van der Waals surface area contributed by atoms with E-state index in [9.17, 15) is 22.8 Å². The Morgan fingerprint density at radius 3 is 2.05 bits per heavy atom. The van der Waals surface area contributed by atoms with Crippen molar-refractivity contribution < 1.29 is 41.7 Å². The van der Waals surface area contributed by atoms with Gasteiger partial charge in [0.15, 0.2) is 0 Å². The lowest BCUT2D eigenvalue weighted by atomic mass is 10.2. The van der Waals surface area contributed by atoms with Crippen molar-refractivity contribution in [3.63, 3.8) is 0 Å². The summed E-state index contributed by atoms with van der Waals surface area (Å²) in [5.41, 5.74) is 2.11. The standard InChI is InChI=1S/C31H36N2O9S/c1-4-39-30(35)20-33(21-31(36)40-5-2)19-25-8-6-7-9-28(25)41-16-17-42-29-18-24(22-34)12-15-27(29)32-43(37,38)26-13-10-23(3)11-14-26/h6-15,18,22,32H,4-5,16-17,19-21H2,1-3H3. The second kappa shape index (κ2) is 16.3. The minimum absolute atomic E-state index is 0.0191. The van der Waals surface area contributed by atoms with Gasteiger partial charge in [-0.05, 0) is 57.2 Å². The number of aldehydes is 1. The maximum atomic E-state index is 12.9. The molecule has 0 amide bonds. The molecule has 0 saturated carbocycles. The van der Waals surface area contributed by atoms with Crippen molar-refractivity contribution in [3.05, 3.63) is 83.4 Å². The Bertz CT molecular complexity index is 1470. The summed E-state index contributed by atoms with van der Waals surface area (Å²) in [6, 6.07) is 17.9. The van der Waals surface area contributed by atoms with Crippen molar-refractivity contribution in [2.24, 2.45) is 0 Å². The van der Waals surface area contributed by atoms with Gasteiger partial charge >= 0.3 is 11.9 Å². The van der Waals surface area contributed by atoms with Gasteiger partial charge in [-0.15, -0.1) is 0 Å². The van der Waals surface area contributed by atoms with Crippen molar-refractivity contribution in [2.45, 2.75) is 32.2 Å². The molecule has 12 heteroatoms. The molecule has 0 fully saturated rings. The molecule has 230 valence electrons. The van der Waals surface area contributed by atoms with Crippen LogP contribution in [0.4, 0.5) is 5.69 Å². The van der Waals surface area contributed by atoms with Gasteiger partial charge in [-0.25, -0.2) is 8.42 Å². The van der Waals surface area contributed by atoms with Gasteiger partial charge in [0.2, 0.25) is 0 Å². The van der Waals surface area contributed by atoms with E-state index in [1.807, 2.05) is 19.1 Å². The smallest absolute Gasteiger partial charge is 0.320 e. The van der Waals surface area contributed by atoms with E-state index in [-0.39, 0.29) is 62.4 Å². The lowest BCUT2D eigenvalue weighted by Crippen LogP contribution is -2.35. The van der Waals surface area contributed by atoms with Crippen molar-refractivity contribution in [1.82, 2.24) is 4.90 Å². The number of ether oxygens (including phenoxy) is 4. The van der Waals surface area contributed by atoms with E-state index >= 15 is 0 Å². The first kappa shape index (κ1) is 33.1. The van der Waals surface area contributed by atoms with Gasteiger partial charge < -0.3 is 18.9 Å². The fraction of sp³-hybridized carbons (Fsp3) is 0.323. The van der Waals surface area contributed by atoms with E-state index in [0.717, 1.165) is 5.56 Å². The molecule has 3 rings (SSSR count). The number of rotatable bonds is 17. The van der Waals surface area contributed by atoms with Crippen LogP contribution in [0.2, 0.25) is 0 Å². The molecule has 0 radical (unpaired) electrons. The summed E-state index contributed by atoms with van der Waals surface area (Å²) in [7, 11) is -3.91. The lowest BCUT2D eigenvalue weighted by Gasteiger charge is -2.22. The molecule has 0 spiro atoms. The number of aryl methyl sites for hydroxylation is 1. The third-order valence-electron chi connectivity index (χ3n) is 6.00. The lowest BCUT2D eigenvalue weighted by molar-refractivity contribution is -0.148. The molecule has 0 unspecified atom stereocenters. The van der Waals surface area contributed by atoms with Crippen LogP contribution in [-0.2, 0) is 35.6 Å². The highest BCUT2D eigenvalue weighted by molar-refractivity contribution is 7.92. The van der Waals surface area contributed by atoms with E-state index in [4.69, 9.17) is 18.9 Å². The predicted molar refractivity (Wildman–Crippen MR) is 160 cm³/mol. The minimum atomic E-state index is -3.91. The van der Waals surface area contributed by atoms with Gasteiger partial charge in [0.1, 0.15) is 31.0 Å². The number of carbonyl (C=O) groups excluding carboxylic acids is 3. The number of nitrogens with zero attached hydrogens (tertiary/aromatic N) is 1. The van der Waals surface area contributed by atoms with Crippen LogP contribution in [-0.4, -0.2) is 71.1 Å². The SMILES string of the molecule is CCOC(=O)CN(CC(=O)OCC)Cc1ccccc1OCCOc1cc(C=O)ccc1NS(=O)(=O)c1ccc(C)cc1. The summed E-state index contributed by atoms with van der Waals surface area (Å²) in [5, 5.41) is 0. The number of para-hydroxylation sites is 1. The zero-order valence-electron chi connectivity index (χ0n) is 24.4. The van der Waals surface area contributed by atoms with Gasteiger partial charge in [-0.1, -0.05) is 35.9 Å². The van der Waals surface area contributed by atoms with E-state index in [0.29, 0.717) is 23.2 Å². The second-order valence-corrected chi connectivity index (χ2v) is 11.0. The molecule has 3 aromatic carbocycles. The largest absolute Gasteiger partial charge is 0.490 e. The summed E-state index contributed by atoms with van der Waals surface area (Å²) in [6.45, 7) is 5.78. The molecule has 11 nitrogen and oxygen atoms in total. The van der Waals surface area contributed by atoms with Crippen molar-refractivity contribution in [2.75, 3.05) is 44.2 Å². The minimum Gasteiger partial charge on any atom is -0.490 e. The Hall–Kier alpha value is -4.42. The topological polar surface area (TPSA) is 138 Å². The average molecular weight is 613 g/mol. The van der Waals surface area contributed by atoms with E-state index in [1.165, 1.54) is 30.3 Å². The summed E-state index contributed by atoms with van der Waals surface area (Å²) >= 11 is 0. The fourth-order valence-corrected chi connectivity index (χ4v) is 5.07. The fourth-order valence-electron chi connectivity index (χ4n) is 4.00. The zero-order valence-corrected chi connectivity index (χ0v) is 25.2. The van der Waals surface area contributed by atoms with Gasteiger partial charge in [0.05, 0.1) is 36.9 Å². The number of benzene rings is 3. The molecule has 43 heavy (non-hydrogen) atoms. The van der Waals surface area contributed by atoms with E-state index < -0.39 is 22.0 Å². The zero-order chi connectivity index (χ0) is 31.2. The van der Waals surface area contributed by atoms with Gasteiger partial charge in [0.25, 0.3) is 10.0 Å². The molecular weight excluding hydrogens is 576 g/mol. The molecule has 0 heterocycles. The predicted octanol–water partition coefficient (Wildman–Crippen LogP) is 3.99. The molecule has 0 aliphatic rings. The number of carbonyl (C=O) groups is 3.